The van der Waals surface area contributed by atoms with Crippen LogP contribution in [0.3, 0.4) is 0 Å². The molecule has 122 valence electrons. The van der Waals surface area contributed by atoms with Gasteiger partial charge in [-0.3, -0.25) is 0 Å². The van der Waals surface area contributed by atoms with E-state index in [1.54, 1.807) is 6.07 Å². The smallest absolute Gasteiger partial charge is 0.322 e. The van der Waals surface area contributed by atoms with Crippen molar-refractivity contribution < 1.29 is 4.79 Å². The van der Waals surface area contributed by atoms with Crippen LogP contribution < -0.4 is 5.32 Å². The number of hydrogen-bond donors (Lipinski definition) is 1. The maximum atomic E-state index is 12.8. The lowest BCUT2D eigenvalue weighted by molar-refractivity contribution is 0.144. The minimum atomic E-state index is -0.0680. The van der Waals surface area contributed by atoms with Gasteiger partial charge < -0.3 is 14.8 Å². The molecule has 3 rings (SSSR count). The number of amides is 2. The summed E-state index contributed by atoms with van der Waals surface area (Å²) in [6, 6.07) is 9.71. The molecule has 5 heteroatoms. The number of hydrogen-bond acceptors (Lipinski definition) is 1. The number of rotatable bonds is 2. The van der Waals surface area contributed by atoms with Crippen LogP contribution >= 0.6 is 11.6 Å². The van der Waals surface area contributed by atoms with Gasteiger partial charge in [0.1, 0.15) is 0 Å². The first-order valence-electron chi connectivity index (χ1n) is 7.96. The molecule has 1 aromatic heterocycles. The lowest BCUT2D eigenvalue weighted by Gasteiger charge is -2.39. The zero-order chi connectivity index (χ0) is 16.6. The first-order valence-corrected chi connectivity index (χ1v) is 8.34. The number of anilines is 1. The Morgan fingerprint density at radius 2 is 2.09 bits per heavy atom. The summed E-state index contributed by atoms with van der Waals surface area (Å²) in [5.74, 6) is 0.343. The summed E-state index contributed by atoms with van der Waals surface area (Å²) >= 11 is 6.05. The van der Waals surface area contributed by atoms with Gasteiger partial charge in [0, 0.05) is 35.7 Å². The highest BCUT2D eigenvalue weighted by Gasteiger charge is 2.33. The van der Waals surface area contributed by atoms with Gasteiger partial charge in [-0.25, -0.2) is 4.79 Å². The van der Waals surface area contributed by atoms with E-state index in [0.29, 0.717) is 17.5 Å². The molecule has 0 aliphatic carbocycles. The van der Waals surface area contributed by atoms with Crippen molar-refractivity contribution in [2.45, 2.75) is 33.4 Å². The molecule has 0 unspecified atom stereocenters. The second-order valence-electron chi connectivity index (χ2n) is 6.40. The van der Waals surface area contributed by atoms with Crippen molar-refractivity contribution in [3.05, 3.63) is 52.8 Å². The van der Waals surface area contributed by atoms with E-state index in [1.807, 2.05) is 30.0 Å². The van der Waals surface area contributed by atoms with Crippen molar-refractivity contribution in [3.63, 3.8) is 0 Å². The molecule has 1 aliphatic rings. The van der Waals surface area contributed by atoms with Gasteiger partial charge >= 0.3 is 6.03 Å². The predicted molar refractivity (Wildman–Crippen MR) is 93.9 cm³/mol. The van der Waals surface area contributed by atoms with E-state index < -0.39 is 0 Å². The van der Waals surface area contributed by atoms with Crippen molar-refractivity contribution in [2.24, 2.45) is 5.92 Å². The molecule has 1 aliphatic heterocycles. The normalized spacial score (nSPS) is 17.3. The van der Waals surface area contributed by atoms with Crippen LogP contribution in [0.5, 0.6) is 0 Å². The number of fused-ring (bicyclic) bond motifs is 1. The lowest BCUT2D eigenvalue weighted by Crippen LogP contribution is -2.45. The molecule has 23 heavy (non-hydrogen) atoms. The fraction of sp³-hybridized carbons (Fsp3) is 0.389. The maximum Gasteiger partial charge on any atom is 0.322 e. The summed E-state index contributed by atoms with van der Waals surface area (Å²) < 4.78 is 2.24. The maximum absolute atomic E-state index is 12.8. The quantitative estimate of drug-likeness (QED) is 0.851. The molecule has 2 heterocycles. The van der Waals surface area contributed by atoms with Gasteiger partial charge in [0.2, 0.25) is 0 Å². The Morgan fingerprint density at radius 1 is 1.30 bits per heavy atom. The van der Waals surface area contributed by atoms with Crippen LogP contribution in [0, 0.1) is 12.8 Å². The minimum absolute atomic E-state index is 0.0680. The Morgan fingerprint density at radius 3 is 2.83 bits per heavy atom. The number of nitrogens with one attached hydrogen (secondary N) is 1. The molecule has 0 saturated heterocycles. The number of aromatic nitrogens is 1. The van der Waals surface area contributed by atoms with Crippen molar-refractivity contribution >= 4 is 23.3 Å². The van der Waals surface area contributed by atoms with Crippen molar-refractivity contribution in [1.82, 2.24) is 9.47 Å². The third-order valence-electron chi connectivity index (χ3n) is 4.42. The summed E-state index contributed by atoms with van der Waals surface area (Å²) in [6.07, 6.45) is 2.08. The Balaban J connectivity index is 1.85. The van der Waals surface area contributed by atoms with Crippen molar-refractivity contribution in [3.8, 4) is 0 Å². The number of urea groups is 1. The molecule has 2 amide bonds. The molecule has 1 N–H and O–H groups in total. The number of carbonyl (C=O) groups is 1. The average molecular weight is 332 g/mol. The zero-order valence-corrected chi connectivity index (χ0v) is 14.5. The summed E-state index contributed by atoms with van der Waals surface area (Å²) in [5, 5.41) is 3.65. The van der Waals surface area contributed by atoms with Crippen LogP contribution in [0.4, 0.5) is 10.5 Å². The molecule has 2 aromatic rings. The highest BCUT2D eigenvalue weighted by atomic mass is 35.5. The highest BCUT2D eigenvalue weighted by Crippen LogP contribution is 2.33. The first-order chi connectivity index (χ1) is 11.0. The Hall–Kier alpha value is -1.94. The van der Waals surface area contributed by atoms with E-state index in [1.165, 1.54) is 5.69 Å². The van der Waals surface area contributed by atoms with Gasteiger partial charge in [0.25, 0.3) is 0 Å². The molecule has 0 fully saturated rings. The largest absolute Gasteiger partial charge is 0.348 e. The fourth-order valence-electron chi connectivity index (χ4n) is 3.26. The SMILES string of the molecule is Cc1ccc(Cl)cc1NC(=O)N1CCn2cccc2[C@H]1C(C)C. The summed E-state index contributed by atoms with van der Waals surface area (Å²) in [7, 11) is 0. The van der Waals surface area contributed by atoms with Crippen LogP contribution in [0.15, 0.2) is 36.5 Å². The second-order valence-corrected chi connectivity index (χ2v) is 6.83. The van der Waals surface area contributed by atoms with Gasteiger partial charge in [-0.05, 0) is 42.7 Å². The Labute approximate surface area is 142 Å². The molecule has 1 aromatic carbocycles. The average Bonchev–Trinajstić information content (AvgIpc) is 2.98. The monoisotopic (exact) mass is 331 g/mol. The third kappa shape index (κ3) is 3.08. The topological polar surface area (TPSA) is 37.3 Å². The van der Waals surface area contributed by atoms with Crippen LogP contribution in [-0.4, -0.2) is 22.0 Å². The zero-order valence-electron chi connectivity index (χ0n) is 13.7. The van der Waals surface area contributed by atoms with E-state index in [2.05, 4.69) is 36.0 Å². The van der Waals surface area contributed by atoms with E-state index in [9.17, 15) is 4.79 Å². The molecule has 0 saturated carbocycles. The van der Waals surface area contributed by atoms with Gasteiger partial charge in [-0.15, -0.1) is 0 Å². The summed E-state index contributed by atoms with van der Waals surface area (Å²) in [5.41, 5.74) is 2.97. The molecule has 0 radical (unpaired) electrons. The van der Waals surface area contributed by atoms with Crippen molar-refractivity contribution in [1.29, 1.82) is 0 Å². The number of benzene rings is 1. The first kappa shape index (κ1) is 15.9. The summed E-state index contributed by atoms with van der Waals surface area (Å²) in [4.78, 5) is 14.8. The van der Waals surface area contributed by atoms with Crippen LogP contribution in [0.2, 0.25) is 5.02 Å². The van der Waals surface area contributed by atoms with Crippen LogP contribution in [-0.2, 0) is 6.54 Å². The highest BCUT2D eigenvalue weighted by molar-refractivity contribution is 6.31. The third-order valence-corrected chi connectivity index (χ3v) is 4.65. The van der Waals surface area contributed by atoms with Gasteiger partial charge in [0.15, 0.2) is 0 Å². The standard InChI is InChI=1S/C18H22ClN3O/c1-12(2)17-16-5-4-8-21(16)9-10-22(17)18(23)20-15-11-14(19)7-6-13(15)3/h4-8,11-12,17H,9-10H2,1-3H3,(H,20,23)/t17-/m1/s1. The number of nitrogens with zero attached hydrogens (tertiary/aromatic N) is 2. The lowest BCUT2D eigenvalue weighted by atomic mass is 9.97. The number of carbonyl (C=O) groups excluding carboxylic acids is 1. The van der Waals surface area contributed by atoms with E-state index in [-0.39, 0.29) is 12.1 Å². The van der Waals surface area contributed by atoms with Crippen molar-refractivity contribution in [2.75, 3.05) is 11.9 Å². The second kappa shape index (κ2) is 6.28. The van der Waals surface area contributed by atoms with Crippen LogP contribution in [0.25, 0.3) is 0 Å². The molecular weight excluding hydrogens is 310 g/mol. The van der Waals surface area contributed by atoms with Gasteiger partial charge in [-0.1, -0.05) is 31.5 Å². The summed E-state index contributed by atoms with van der Waals surface area (Å²) in [6.45, 7) is 7.80. The molecule has 0 bridgehead atoms. The Bertz CT molecular complexity index is 723. The molecule has 1 atom stereocenters. The predicted octanol–water partition coefficient (Wildman–Crippen LogP) is 4.69. The molecular formula is C18H22ClN3O. The molecule has 4 nitrogen and oxygen atoms in total. The van der Waals surface area contributed by atoms with Gasteiger partial charge in [-0.2, -0.15) is 0 Å². The molecule has 0 spiro atoms. The number of aryl methyl sites for hydroxylation is 1. The minimum Gasteiger partial charge on any atom is -0.348 e. The number of halogens is 1. The van der Waals surface area contributed by atoms with E-state index in [4.69, 9.17) is 11.6 Å². The van der Waals surface area contributed by atoms with Crippen LogP contribution in [0.1, 0.15) is 31.1 Å². The fourth-order valence-corrected chi connectivity index (χ4v) is 3.43. The van der Waals surface area contributed by atoms with E-state index in [0.717, 1.165) is 17.8 Å². The van der Waals surface area contributed by atoms with E-state index >= 15 is 0 Å². The Kier molecular flexibility index (Phi) is 4.35. The van der Waals surface area contributed by atoms with Gasteiger partial charge in [0.05, 0.1) is 6.04 Å².